The number of para-hydroxylation sites is 1. The van der Waals surface area contributed by atoms with Gasteiger partial charge in [-0.2, -0.15) is 0 Å². The second-order valence-corrected chi connectivity index (χ2v) is 7.62. The Balaban J connectivity index is 1.40. The molecule has 1 saturated heterocycles. The Hall–Kier alpha value is -2.68. The van der Waals surface area contributed by atoms with Crippen molar-refractivity contribution < 1.29 is 14.3 Å². The average molecular weight is 399 g/mol. The van der Waals surface area contributed by atoms with E-state index < -0.39 is 0 Å². The molecule has 9 heteroatoms. The number of nitrogens with one attached hydrogen (secondary N) is 1. The van der Waals surface area contributed by atoms with E-state index in [9.17, 15) is 9.59 Å². The first kappa shape index (κ1) is 18.7. The fraction of sp³-hybridized carbons (Fsp3) is 0.421. The highest BCUT2D eigenvalue weighted by atomic mass is 32.2. The number of rotatable bonds is 5. The van der Waals surface area contributed by atoms with Crippen LogP contribution in [0.4, 0.5) is 0 Å². The van der Waals surface area contributed by atoms with E-state index in [1.165, 1.54) is 11.8 Å². The Labute approximate surface area is 166 Å². The number of aromatic amines is 1. The molecule has 1 amide bonds. The van der Waals surface area contributed by atoms with Crippen LogP contribution in [0, 0.1) is 5.92 Å². The van der Waals surface area contributed by atoms with Gasteiger partial charge in [-0.25, -0.2) is 4.98 Å². The van der Waals surface area contributed by atoms with E-state index in [4.69, 9.17) is 4.74 Å². The van der Waals surface area contributed by atoms with Gasteiger partial charge in [-0.3, -0.25) is 9.59 Å². The first-order valence-corrected chi connectivity index (χ1v) is 10.3. The standard InChI is InChI=1S/C19H21N5O3S/c1-2-27-18(26)12-6-5-9-24(10-12)15(25)11-28-19-21-17-16(22-23-19)13-7-3-4-8-14(13)20-17/h3-4,7-8,12H,2,5-6,9-11H2,1H3,(H,20,21,23)/t12-/m1/s1. The molecule has 0 bridgehead atoms. The predicted molar refractivity (Wildman–Crippen MR) is 106 cm³/mol. The maximum atomic E-state index is 12.6. The molecule has 146 valence electrons. The highest BCUT2D eigenvalue weighted by Crippen LogP contribution is 2.24. The number of benzene rings is 1. The molecule has 0 spiro atoms. The van der Waals surface area contributed by atoms with Gasteiger partial charge < -0.3 is 14.6 Å². The van der Waals surface area contributed by atoms with E-state index in [0.717, 1.165) is 29.3 Å². The fourth-order valence-electron chi connectivity index (χ4n) is 3.44. The van der Waals surface area contributed by atoms with Crippen LogP contribution in [0.25, 0.3) is 22.1 Å². The van der Waals surface area contributed by atoms with E-state index in [-0.39, 0.29) is 23.5 Å². The summed E-state index contributed by atoms with van der Waals surface area (Å²) >= 11 is 1.25. The molecule has 1 aliphatic heterocycles. The first-order chi connectivity index (χ1) is 13.7. The van der Waals surface area contributed by atoms with Crippen molar-refractivity contribution in [2.45, 2.75) is 24.9 Å². The van der Waals surface area contributed by atoms with E-state index in [0.29, 0.717) is 30.5 Å². The Morgan fingerprint density at radius 3 is 3.04 bits per heavy atom. The number of fused-ring (bicyclic) bond motifs is 3. The van der Waals surface area contributed by atoms with Crippen molar-refractivity contribution in [2.24, 2.45) is 5.92 Å². The van der Waals surface area contributed by atoms with Gasteiger partial charge in [0.25, 0.3) is 0 Å². The lowest BCUT2D eigenvalue weighted by Gasteiger charge is -2.31. The first-order valence-electron chi connectivity index (χ1n) is 9.34. The average Bonchev–Trinajstić information content (AvgIpc) is 3.10. The third-order valence-electron chi connectivity index (χ3n) is 4.82. The lowest BCUT2D eigenvalue weighted by Crippen LogP contribution is -2.43. The molecule has 0 aliphatic carbocycles. The molecule has 0 radical (unpaired) electrons. The molecule has 28 heavy (non-hydrogen) atoms. The molecule has 8 nitrogen and oxygen atoms in total. The summed E-state index contributed by atoms with van der Waals surface area (Å²) in [4.78, 5) is 34.0. The number of likely N-dealkylation sites (tertiary alicyclic amines) is 1. The third kappa shape index (κ3) is 3.80. The van der Waals surface area contributed by atoms with Crippen LogP contribution in [0.15, 0.2) is 29.4 Å². The normalized spacial score (nSPS) is 17.2. The highest BCUT2D eigenvalue weighted by Gasteiger charge is 2.29. The van der Waals surface area contributed by atoms with Gasteiger partial charge in [0.2, 0.25) is 11.1 Å². The zero-order valence-corrected chi connectivity index (χ0v) is 16.4. The van der Waals surface area contributed by atoms with Crippen LogP contribution in [0.3, 0.4) is 0 Å². The number of esters is 1. The molecule has 1 N–H and O–H groups in total. The molecular formula is C19H21N5O3S. The summed E-state index contributed by atoms with van der Waals surface area (Å²) in [5, 5.41) is 9.84. The predicted octanol–water partition coefficient (Wildman–Crippen LogP) is 2.40. The number of piperidine rings is 1. The second kappa shape index (κ2) is 8.14. The lowest BCUT2D eigenvalue weighted by molar-refractivity contribution is -0.151. The topological polar surface area (TPSA) is 101 Å². The number of carbonyl (C=O) groups is 2. The summed E-state index contributed by atoms with van der Waals surface area (Å²) in [5.74, 6) is -0.268. The van der Waals surface area contributed by atoms with Crippen molar-refractivity contribution in [3.8, 4) is 0 Å². The Morgan fingerprint density at radius 2 is 2.18 bits per heavy atom. The van der Waals surface area contributed by atoms with Crippen molar-refractivity contribution in [3.05, 3.63) is 24.3 Å². The van der Waals surface area contributed by atoms with Crippen molar-refractivity contribution in [2.75, 3.05) is 25.4 Å². The van der Waals surface area contributed by atoms with E-state index in [1.807, 2.05) is 24.3 Å². The van der Waals surface area contributed by atoms with Crippen LogP contribution >= 0.6 is 11.8 Å². The number of carbonyl (C=O) groups excluding carboxylic acids is 2. The molecular weight excluding hydrogens is 378 g/mol. The van der Waals surface area contributed by atoms with Gasteiger partial charge in [0, 0.05) is 24.0 Å². The number of thioether (sulfide) groups is 1. The van der Waals surface area contributed by atoms with E-state index >= 15 is 0 Å². The minimum absolute atomic E-state index is 0.0284. The van der Waals surface area contributed by atoms with Crippen molar-refractivity contribution in [3.63, 3.8) is 0 Å². The van der Waals surface area contributed by atoms with Gasteiger partial charge in [-0.1, -0.05) is 30.0 Å². The molecule has 4 rings (SSSR count). The zero-order valence-electron chi connectivity index (χ0n) is 15.6. The van der Waals surface area contributed by atoms with Gasteiger partial charge in [-0.15, -0.1) is 10.2 Å². The van der Waals surface area contributed by atoms with Gasteiger partial charge in [0.05, 0.1) is 18.3 Å². The lowest BCUT2D eigenvalue weighted by atomic mass is 9.98. The van der Waals surface area contributed by atoms with Gasteiger partial charge in [-0.05, 0) is 25.8 Å². The summed E-state index contributed by atoms with van der Waals surface area (Å²) in [6.07, 6.45) is 1.57. The summed E-state index contributed by atoms with van der Waals surface area (Å²) in [6.45, 7) is 3.23. The van der Waals surface area contributed by atoms with Crippen molar-refractivity contribution >= 4 is 45.7 Å². The van der Waals surface area contributed by atoms with Crippen LogP contribution in [0.2, 0.25) is 0 Å². The Morgan fingerprint density at radius 1 is 1.32 bits per heavy atom. The van der Waals surface area contributed by atoms with Crippen LogP contribution in [-0.2, 0) is 14.3 Å². The van der Waals surface area contributed by atoms with E-state index in [2.05, 4.69) is 20.2 Å². The molecule has 0 unspecified atom stereocenters. The molecule has 0 saturated carbocycles. The fourth-order valence-corrected chi connectivity index (χ4v) is 4.13. The summed E-state index contributed by atoms with van der Waals surface area (Å²) in [7, 11) is 0. The number of aromatic nitrogens is 4. The largest absolute Gasteiger partial charge is 0.466 e. The maximum absolute atomic E-state index is 12.6. The number of hydrogen-bond donors (Lipinski definition) is 1. The Kier molecular flexibility index (Phi) is 5.43. The minimum atomic E-state index is -0.233. The van der Waals surface area contributed by atoms with Crippen LogP contribution in [-0.4, -0.2) is 62.4 Å². The van der Waals surface area contributed by atoms with Crippen molar-refractivity contribution in [1.82, 2.24) is 25.1 Å². The molecule has 2 aromatic heterocycles. The highest BCUT2D eigenvalue weighted by molar-refractivity contribution is 7.99. The second-order valence-electron chi connectivity index (χ2n) is 6.68. The van der Waals surface area contributed by atoms with E-state index in [1.54, 1.807) is 11.8 Å². The zero-order chi connectivity index (χ0) is 19.5. The SMILES string of the molecule is CCOC(=O)[C@@H]1CCCN(C(=O)CSc2nnc3c(n2)[nH]c2ccccc23)C1. The monoisotopic (exact) mass is 399 g/mol. The number of amides is 1. The summed E-state index contributed by atoms with van der Waals surface area (Å²) in [6, 6.07) is 7.82. The Bertz CT molecular complexity index is 1020. The van der Waals surface area contributed by atoms with Crippen LogP contribution in [0.5, 0.6) is 0 Å². The number of nitrogens with zero attached hydrogens (tertiary/aromatic N) is 4. The van der Waals surface area contributed by atoms with Gasteiger partial charge in [0.15, 0.2) is 5.65 Å². The molecule has 1 atom stereocenters. The minimum Gasteiger partial charge on any atom is -0.466 e. The van der Waals surface area contributed by atoms with Crippen LogP contribution in [0.1, 0.15) is 19.8 Å². The van der Waals surface area contributed by atoms with Crippen LogP contribution < -0.4 is 0 Å². The molecule has 3 aromatic rings. The molecule has 1 aromatic carbocycles. The summed E-state index contributed by atoms with van der Waals surface area (Å²) in [5.41, 5.74) is 2.34. The maximum Gasteiger partial charge on any atom is 0.310 e. The molecule has 1 aliphatic rings. The molecule has 1 fully saturated rings. The number of ether oxygens (including phenoxy) is 1. The number of H-pyrrole nitrogens is 1. The van der Waals surface area contributed by atoms with Gasteiger partial charge in [0.1, 0.15) is 5.52 Å². The molecule has 3 heterocycles. The van der Waals surface area contributed by atoms with Crippen molar-refractivity contribution in [1.29, 1.82) is 0 Å². The quantitative estimate of drug-likeness (QED) is 0.519. The van der Waals surface area contributed by atoms with Gasteiger partial charge >= 0.3 is 5.97 Å². The third-order valence-corrected chi connectivity index (χ3v) is 5.64. The smallest absolute Gasteiger partial charge is 0.310 e. The summed E-state index contributed by atoms with van der Waals surface area (Å²) < 4.78 is 5.09. The number of hydrogen-bond acceptors (Lipinski definition) is 7.